The van der Waals surface area contributed by atoms with Crippen molar-refractivity contribution in [3.05, 3.63) is 47.8 Å². The maximum atomic E-state index is 13.7. The molecule has 0 atom stereocenters. The van der Waals surface area contributed by atoms with Crippen LogP contribution in [0.5, 0.6) is 0 Å². The fraction of sp³-hybridized carbons (Fsp3) is 0.200. The van der Waals surface area contributed by atoms with Crippen LogP contribution in [0.2, 0.25) is 0 Å². The Bertz CT molecular complexity index is 571. The van der Waals surface area contributed by atoms with Crippen LogP contribution >= 0.6 is 0 Å². The monoisotopic (exact) mass is 212 g/mol. The summed E-state index contributed by atoms with van der Waals surface area (Å²) in [7, 11) is 0. The van der Waals surface area contributed by atoms with E-state index in [9.17, 15) is 4.39 Å². The molecule has 0 N–H and O–H groups in total. The molecule has 16 heavy (non-hydrogen) atoms. The molecule has 0 aliphatic rings. The molecule has 0 nitrogen and oxygen atoms in total. The lowest BCUT2D eigenvalue weighted by Crippen LogP contribution is -1.87. The fourth-order valence-electron chi connectivity index (χ4n) is 1.59. The maximum absolute atomic E-state index is 13.7. The Morgan fingerprint density at radius 3 is 2.56 bits per heavy atom. The zero-order valence-electron chi connectivity index (χ0n) is 9.42. The van der Waals surface area contributed by atoms with Gasteiger partial charge in [-0.2, -0.15) is 0 Å². The van der Waals surface area contributed by atoms with E-state index in [-0.39, 0.29) is 11.7 Å². The first-order chi connectivity index (χ1) is 7.68. The van der Waals surface area contributed by atoms with Crippen LogP contribution in [-0.2, 0) is 0 Å². The van der Waals surface area contributed by atoms with Crippen LogP contribution < -0.4 is 0 Å². The Morgan fingerprint density at radius 2 is 1.81 bits per heavy atom. The van der Waals surface area contributed by atoms with E-state index in [1.807, 2.05) is 38.1 Å². The average molecular weight is 212 g/mol. The highest BCUT2D eigenvalue weighted by Gasteiger charge is 2.04. The van der Waals surface area contributed by atoms with Crippen LogP contribution in [-0.4, -0.2) is 0 Å². The second-order valence-electron chi connectivity index (χ2n) is 4.07. The Hall–Kier alpha value is -1.81. The van der Waals surface area contributed by atoms with Gasteiger partial charge in [0.2, 0.25) is 0 Å². The molecule has 2 aromatic rings. The number of halogens is 1. The lowest BCUT2D eigenvalue weighted by atomic mass is 10.0. The van der Waals surface area contributed by atoms with Crippen LogP contribution in [0.15, 0.2) is 36.4 Å². The summed E-state index contributed by atoms with van der Waals surface area (Å²) in [4.78, 5) is 0. The highest BCUT2D eigenvalue weighted by atomic mass is 19.1. The van der Waals surface area contributed by atoms with Gasteiger partial charge in [0, 0.05) is 11.3 Å². The largest absolute Gasteiger partial charge is 0.206 e. The minimum Gasteiger partial charge on any atom is -0.206 e. The first-order valence-corrected chi connectivity index (χ1v) is 5.37. The van der Waals surface area contributed by atoms with Crippen molar-refractivity contribution in [1.29, 1.82) is 0 Å². The first kappa shape index (κ1) is 10.7. The molecule has 1 heteroatoms. The molecule has 0 amide bonds. The van der Waals surface area contributed by atoms with Crippen LogP contribution in [0.1, 0.15) is 19.4 Å². The van der Waals surface area contributed by atoms with E-state index >= 15 is 0 Å². The molecular weight excluding hydrogens is 199 g/mol. The minimum atomic E-state index is -0.244. The highest BCUT2D eigenvalue weighted by molar-refractivity contribution is 5.88. The van der Waals surface area contributed by atoms with Gasteiger partial charge in [-0.25, -0.2) is 4.39 Å². The molecule has 0 bridgehead atoms. The molecule has 0 unspecified atom stereocenters. The topological polar surface area (TPSA) is 0 Å². The minimum absolute atomic E-state index is 0.244. The van der Waals surface area contributed by atoms with Crippen LogP contribution in [0, 0.1) is 23.6 Å². The predicted molar refractivity (Wildman–Crippen MR) is 65.6 cm³/mol. The van der Waals surface area contributed by atoms with E-state index in [1.165, 1.54) is 6.07 Å². The van der Waals surface area contributed by atoms with Crippen molar-refractivity contribution in [2.24, 2.45) is 5.92 Å². The molecule has 2 aromatic carbocycles. The Kier molecular flexibility index (Phi) is 2.92. The smallest absolute Gasteiger partial charge is 0.139 e. The van der Waals surface area contributed by atoms with Crippen LogP contribution in [0.3, 0.4) is 0 Å². The summed E-state index contributed by atoms with van der Waals surface area (Å²) in [5.74, 6) is 5.94. The van der Waals surface area contributed by atoms with Gasteiger partial charge in [-0.1, -0.05) is 56.0 Å². The van der Waals surface area contributed by atoms with E-state index in [0.717, 1.165) is 10.8 Å². The summed E-state index contributed by atoms with van der Waals surface area (Å²) in [6, 6.07) is 11.0. The lowest BCUT2D eigenvalue weighted by Gasteiger charge is -2.01. The molecule has 0 aliphatic heterocycles. The van der Waals surface area contributed by atoms with Crippen molar-refractivity contribution in [1.82, 2.24) is 0 Å². The molecule has 0 saturated heterocycles. The van der Waals surface area contributed by atoms with E-state index in [0.29, 0.717) is 5.56 Å². The van der Waals surface area contributed by atoms with Crippen molar-refractivity contribution >= 4 is 10.8 Å². The van der Waals surface area contributed by atoms with Crippen molar-refractivity contribution in [2.75, 3.05) is 0 Å². The second kappa shape index (κ2) is 4.37. The molecule has 2 rings (SSSR count). The van der Waals surface area contributed by atoms with Gasteiger partial charge in [-0.05, 0) is 11.5 Å². The summed E-state index contributed by atoms with van der Waals surface area (Å²) in [6.07, 6.45) is 0. The van der Waals surface area contributed by atoms with Crippen LogP contribution in [0.25, 0.3) is 10.8 Å². The summed E-state index contributed by atoms with van der Waals surface area (Å²) in [6.45, 7) is 3.99. The molecule has 0 aliphatic carbocycles. The standard InChI is InChI=1S/C15H13F/c1-11(2)7-9-14-13-6-4-3-5-12(13)8-10-15(14)16/h3-6,8,10-11H,1-2H3. The number of benzene rings is 2. The molecule has 0 aromatic heterocycles. The lowest BCUT2D eigenvalue weighted by molar-refractivity contribution is 0.626. The third-order valence-electron chi connectivity index (χ3n) is 2.36. The summed E-state index contributed by atoms with van der Waals surface area (Å²) in [5.41, 5.74) is 0.506. The predicted octanol–water partition coefficient (Wildman–Crippen LogP) is 3.99. The third-order valence-corrected chi connectivity index (χ3v) is 2.36. The van der Waals surface area contributed by atoms with E-state index < -0.39 is 0 Å². The quantitative estimate of drug-likeness (QED) is 0.579. The highest BCUT2D eigenvalue weighted by Crippen LogP contribution is 2.20. The summed E-state index contributed by atoms with van der Waals surface area (Å²) < 4.78 is 13.7. The van der Waals surface area contributed by atoms with Crippen molar-refractivity contribution < 1.29 is 4.39 Å². The number of hydrogen-bond acceptors (Lipinski definition) is 0. The van der Waals surface area contributed by atoms with Gasteiger partial charge < -0.3 is 0 Å². The van der Waals surface area contributed by atoms with Gasteiger partial charge in [0.1, 0.15) is 5.82 Å². The molecular formula is C15H13F. The Labute approximate surface area is 95.1 Å². The second-order valence-corrected chi connectivity index (χ2v) is 4.07. The Balaban J connectivity index is 2.68. The fourth-order valence-corrected chi connectivity index (χ4v) is 1.59. The third kappa shape index (κ3) is 2.06. The average Bonchev–Trinajstić information content (AvgIpc) is 2.27. The first-order valence-electron chi connectivity index (χ1n) is 5.37. The number of hydrogen-bond donors (Lipinski definition) is 0. The van der Waals surface area contributed by atoms with Gasteiger partial charge in [0.05, 0.1) is 5.56 Å². The Morgan fingerprint density at radius 1 is 1.06 bits per heavy atom. The van der Waals surface area contributed by atoms with Gasteiger partial charge in [0.25, 0.3) is 0 Å². The molecule has 0 heterocycles. The molecule has 80 valence electrons. The zero-order valence-corrected chi connectivity index (χ0v) is 9.42. The molecule has 0 radical (unpaired) electrons. The van der Waals surface area contributed by atoms with Gasteiger partial charge >= 0.3 is 0 Å². The van der Waals surface area contributed by atoms with E-state index in [1.54, 1.807) is 6.07 Å². The zero-order chi connectivity index (χ0) is 11.5. The van der Waals surface area contributed by atoms with Gasteiger partial charge in [0.15, 0.2) is 0 Å². The SMILES string of the molecule is CC(C)C#Cc1c(F)ccc2ccccc12. The van der Waals surface area contributed by atoms with Gasteiger partial charge in [-0.3, -0.25) is 0 Å². The molecule has 0 saturated carbocycles. The number of fused-ring (bicyclic) bond motifs is 1. The van der Waals surface area contributed by atoms with Crippen LogP contribution in [0.4, 0.5) is 4.39 Å². The summed E-state index contributed by atoms with van der Waals surface area (Å²) >= 11 is 0. The van der Waals surface area contributed by atoms with Crippen molar-refractivity contribution in [3.8, 4) is 11.8 Å². The number of rotatable bonds is 0. The normalized spacial score (nSPS) is 10.2. The van der Waals surface area contributed by atoms with Crippen molar-refractivity contribution in [3.63, 3.8) is 0 Å². The molecule has 0 fully saturated rings. The van der Waals surface area contributed by atoms with Crippen molar-refractivity contribution in [2.45, 2.75) is 13.8 Å². The summed E-state index contributed by atoms with van der Waals surface area (Å²) in [5, 5.41) is 1.91. The molecule has 0 spiro atoms. The van der Waals surface area contributed by atoms with Gasteiger partial charge in [-0.15, -0.1) is 0 Å². The van der Waals surface area contributed by atoms with E-state index in [2.05, 4.69) is 11.8 Å². The van der Waals surface area contributed by atoms with E-state index in [4.69, 9.17) is 0 Å². The maximum Gasteiger partial charge on any atom is 0.139 e.